The summed E-state index contributed by atoms with van der Waals surface area (Å²) in [6.45, 7) is 1.83. The van der Waals surface area contributed by atoms with Gasteiger partial charge in [0.1, 0.15) is 5.82 Å². The highest BCUT2D eigenvalue weighted by Gasteiger charge is 2.04. The van der Waals surface area contributed by atoms with Crippen molar-refractivity contribution in [1.82, 2.24) is 25.1 Å². The van der Waals surface area contributed by atoms with E-state index in [9.17, 15) is 0 Å². The van der Waals surface area contributed by atoms with Crippen LogP contribution in [0.4, 0.5) is 0 Å². The Balaban J connectivity index is 2.33. The molecule has 0 spiro atoms. The van der Waals surface area contributed by atoms with Crippen molar-refractivity contribution in [3.05, 3.63) is 18.2 Å². The molecule has 2 aromatic rings. The predicted octanol–water partition coefficient (Wildman–Crippen LogP) is 0.579. The fourth-order valence-electron chi connectivity index (χ4n) is 1.01. The molecule has 1 N–H and O–H groups in total. The second kappa shape index (κ2) is 3.41. The van der Waals surface area contributed by atoms with E-state index in [-0.39, 0.29) is 0 Å². The van der Waals surface area contributed by atoms with Gasteiger partial charge in [0.05, 0.1) is 12.7 Å². The molecule has 0 radical (unpaired) electrons. The van der Waals surface area contributed by atoms with Crippen LogP contribution in [0.5, 0.6) is 6.01 Å². The van der Waals surface area contributed by atoms with Gasteiger partial charge in [0.2, 0.25) is 0 Å². The second-order valence-electron chi connectivity index (χ2n) is 2.70. The summed E-state index contributed by atoms with van der Waals surface area (Å²) in [5.74, 6) is 1.35. The third-order valence-corrected chi connectivity index (χ3v) is 1.67. The first-order chi connectivity index (χ1) is 6.79. The van der Waals surface area contributed by atoms with E-state index in [0.29, 0.717) is 11.8 Å². The molecule has 0 aromatic carbocycles. The van der Waals surface area contributed by atoms with E-state index in [2.05, 4.69) is 25.1 Å². The van der Waals surface area contributed by atoms with Crippen molar-refractivity contribution in [3.63, 3.8) is 0 Å². The lowest BCUT2D eigenvalue weighted by molar-refractivity contribution is 0.380. The Bertz CT molecular complexity index is 422. The summed E-state index contributed by atoms with van der Waals surface area (Å²) in [4.78, 5) is 12.1. The first-order valence-electron chi connectivity index (χ1n) is 4.05. The molecule has 0 aliphatic carbocycles. The monoisotopic (exact) mass is 191 g/mol. The van der Waals surface area contributed by atoms with Gasteiger partial charge in [-0.2, -0.15) is 5.10 Å². The van der Waals surface area contributed by atoms with Crippen molar-refractivity contribution < 1.29 is 4.74 Å². The standard InChI is InChI=1S/C8H9N5O/c1-5-11-7(13-12-5)6-3-9-8(14-2)10-4-6/h3-4H,1-2H3,(H,11,12,13). The van der Waals surface area contributed by atoms with Crippen LogP contribution in [0.15, 0.2) is 12.4 Å². The van der Waals surface area contributed by atoms with Crippen LogP contribution in [0.1, 0.15) is 5.82 Å². The minimum atomic E-state index is 0.334. The number of ether oxygens (including phenoxy) is 1. The molecule has 72 valence electrons. The smallest absolute Gasteiger partial charge is 0.316 e. The molecule has 0 atom stereocenters. The van der Waals surface area contributed by atoms with Gasteiger partial charge in [0, 0.05) is 12.4 Å². The van der Waals surface area contributed by atoms with E-state index in [0.717, 1.165) is 11.4 Å². The maximum atomic E-state index is 4.84. The maximum absolute atomic E-state index is 4.84. The zero-order chi connectivity index (χ0) is 9.97. The molecule has 0 aliphatic rings. The molecule has 2 rings (SSSR count). The maximum Gasteiger partial charge on any atom is 0.316 e. The summed E-state index contributed by atoms with van der Waals surface area (Å²) in [6, 6.07) is 0.334. The predicted molar refractivity (Wildman–Crippen MR) is 48.7 cm³/mol. The lowest BCUT2D eigenvalue weighted by Crippen LogP contribution is -1.92. The van der Waals surface area contributed by atoms with E-state index >= 15 is 0 Å². The number of aryl methyl sites for hydroxylation is 1. The van der Waals surface area contributed by atoms with Gasteiger partial charge >= 0.3 is 6.01 Å². The number of hydrogen-bond donors (Lipinski definition) is 1. The zero-order valence-corrected chi connectivity index (χ0v) is 7.85. The Morgan fingerprint density at radius 2 is 2.00 bits per heavy atom. The molecule has 2 aromatic heterocycles. The van der Waals surface area contributed by atoms with Crippen LogP contribution in [-0.4, -0.2) is 32.3 Å². The number of hydrogen-bond acceptors (Lipinski definition) is 5. The van der Waals surface area contributed by atoms with Gasteiger partial charge in [-0.15, -0.1) is 0 Å². The molecule has 0 aliphatic heterocycles. The SMILES string of the molecule is COc1ncc(-c2n[nH]c(C)n2)cn1. The molecule has 6 nitrogen and oxygen atoms in total. The van der Waals surface area contributed by atoms with Gasteiger partial charge in [-0.3, -0.25) is 5.10 Å². The van der Waals surface area contributed by atoms with Crippen molar-refractivity contribution in [2.24, 2.45) is 0 Å². The highest BCUT2D eigenvalue weighted by atomic mass is 16.5. The van der Waals surface area contributed by atoms with Gasteiger partial charge in [0.15, 0.2) is 5.82 Å². The third kappa shape index (κ3) is 1.54. The Labute approximate surface area is 80.4 Å². The summed E-state index contributed by atoms with van der Waals surface area (Å²) in [5.41, 5.74) is 0.759. The average molecular weight is 191 g/mol. The molecular formula is C8H9N5O. The van der Waals surface area contributed by atoms with E-state index in [1.165, 1.54) is 7.11 Å². The summed E-state index contributed by atoms with van der Waals surface area (Å²) in [5, 5.41) is 6.73. The van der Waals surface area contributed by atoms with Gasteiger partial charge in [0.25, 0.3) is 0 Å². The van der Waals surface area contributed by atoms with Gasteiger partial charge < -0.3 is 4.74 Å². The van der Waals surface area contributed by atoms with Crippen LogP contribution in [0.2, 0.25) is 0 Å². The van der Waals surface area contributed by atoms with Crippen molar-refractivity contribution in [3.8, 4) is 17.4 Å². The molecule has 6 heteroatoms. The van der Waals surface area contributed by atoms with Crippen LogP contribution < -0.4 is 4.74 Å². The molecule has 0 amide bonds. The quantitative estimate of drug-likeness (QED) is 0.751. The normalized spacial score (nSPS) is 10.1. The lowest BCUT2D eigenvalue weighted by atomic mass is 10.3. The van der Waals surface area contributed by atoms with Crippen LogP contribution in [0, 0.1) is 6.92 Å². The molecule has 0 saturated heterocycles. The van der Waals surface area contributed by atoms with Crippen molar-refractivity contribution in [2.75, 3.05) is 7.11 Å². The van der Waals surface area contributed by atoms with E-state index < -0.39 is 0 Å². The minimum absolute atomic E-state index is 0.334. The number of nitrogens with zero attached hydrogens (tertiary/aromatic N) is 4. The number of methoxy groups -OCH3 is 1. The first kappa shape index (κ1) is 8.61. The van der Waals surface area contributed by atoms with Crippen molar-refractivity contribution in [1.29, 1.82) is 0 Å². The first-order valence-corrected chi connectivity index (χ1v) is 4.05. The Morgan fingerprint density at radius 3 is 2.50 bits per heavy atom. The van der Waals surface area contributed by atoms with E-state index in [4.69, 9.17) is 4.74 Å². The number of aromatic nitrogens is 5. The van der Waals surface area contributed by atoms with Crippen molar-refractivity contribution in [2.45, 2.75) is 6.92 Å². The molecule has 0 unspecified atom stereocenters. The molecule has 0 bridgehead atoms. The molecule has 0 fully saturated rings. The van der Waals surface area contributed by atoms with Crippen molar-refractivity contribution >= 4 is 0 Å². The zero-order valence-electron chi connectivity index (χ0n) is 7.85. The van der Waals surface area contributed by atoms with Gasteiger partial charge in [-0.1, -0.05) is 0 Å². The van der Waals surface area contributed by atoms with Crippen LogP contribution in [0.25, 0.3) is 11.4 Å². The van der Waals surface area contributed by atoms with Gasteiger partial charge in [-0.05, 0) is 6.92 Å². The number of aromatic amines is 1. The summed E-state index contributed by atoms with van der Waals surface area (Å²) in [6.07, 6.45) is 3.24. The molecule has 0 saturated carbocycles. The molecular weight excluding hydrogens is 182 g/mol. The summed E-state index contributed by atoms with van der Waals surface area (Å²) in [7, 11) is 1.52. The Morgan fingerprint density at radius 1 is 1.29 bits per heavy atom. The van der Waals surface area contributed by atoms with Crippen LogP contribution in [0.3, 0.4) is 0 Å². The fraction of sp³-hybridized carbons (Fsp3) is 0.250. The van der Waals surface area contributed by atoms with E-state index in [1.807, 2.05) is 6.92 Å². The van der Waals surface area contributed by atoms with Crippen LogP contribution in [-0.2, 0) is 0 Å². The highest BCUT2D eigenvalue weighted by Crippen LogP contribution is 2.12. The molecule has 14 heavy (non-hydrogen) atoms. The number of rotatable bonds is 2. The van der Waals surface area contributed by atoms with Gasteiger partial charge in [-0.25, -0.2) is 15.0 Å². The highest BCUT2D eigenvalue weighted by molar-refractivity contribution is 5.51. The topological polar surface area (TPSA) is 76.6 Å². The largest absolute Gasteiger partial charge is 0.467 e. The van der Waals surface area contributed by atoms with E-state index in [1.54, 1.807) is 12.4 Å². The molecule has 2 heterocycles. The average Bonchev–Trinajstić information content (AvgIpc) is 2.65. The van der Waals surface area contributed by atoms with Crippen LogP contribution >= 0.6 is 0 Å². The number of nitrogens with one attached hydrogen (secondary N) is 1. The second-order valence-corrected chi connectivity index (χ2v) is 2.70. The fourth-order valence-corrected chi connectivity index (χ4v) is 1.01. The Hall–Kier alpha value is -1.98. The third-order valence-electron chi connectivity index (χ3n) is 1.67. The summed E-state index contributed by atoms with van der Waals surface area (Å²) < 4.78 is 4.84. The summed E-state index contributed by atoms with van der Waals surface area (Å²) >= 11 is 0. The lowest BCUT2D eigenvalue weighted by Gasteiger charge is -1.96. The Kier molecular flexibility index (Phi) is 2.10. The number of H-pyrrole nitrogens is 1. The minimum Gasteiger partial charge on any atom is -0.467 e.